The summed E-state index contributed by atoms with van der Waals surface area (Å²) in [6, 6.07) is 13.7. The molecule has 1 amide bonds. The first-order valence-corrected chi connectivity index (χ1v) is 10.2. The van der Waals surface area contributed by atoms with Gasteiger partial charge in [0.15, 0.2) is 9.84 Å². The monoisotopic (exact) mass is 360 g/mol. The fourth-order valence-corrected chi connectivity index (χ4v) is 3.09. The van der Waals surface area contributed by atoms with Crippen LogP contribution in [-0.4, -0.2) is 38.6 Å². The van der Waals surface area contributed by atoms with E-state index in [0.29, 0.717) is 11.3 Å². The summed E-state index contributed by atoms with van der Waals surface area (Å²) in [6.07, 6.45) is 1.15. The summed E-state index contributed by atoms with van der Waals surface area (Å²) in [5.41, 5.74) is 2.29. The number of carbonyl (C=O) groups excluding carboxylic acids is 1. The van der Waals surface area contributed by atoms with E-state index in [0.717, 1.165) is 31.5 Å². The minimum atomic E-state index is -3.24. The van der Waals surface area contributed by atoms with Crippen molar-refractivity contribution in [1.82, 2.24) is 4.90 Å². The Morgan fingerprint density at radius 3 is 2.00 bits per heavy atom. The Morgan fingerprint density at radius 2 is 1.52 bits per heavy atom. The third kappa shape index (κ3) is 5.41. The lowest BCUT2D eigenvalue weighted by molar-refractivity contribution is 0.102. The first-order chi connectivity index (χ1) is 11.8. The van der Waals surface area contributed by atoms with Crippen LogP contribution in [0.15, 0.2) is 53.4 Å². The molecule has 0 heterocycles. The maximum atomic E-state index is 12.3. The lowest BCUT2D eigenvalue weighted by Gasteiger charge is -2.18. The van der Waals surface area contributed by atoms with Gasteiger partial charge in [-0.3, -0.25) is 9.69 Å². The van der Waals surface area contributed by atoms with Gasteiger partial charge in [0.2, 0.25) is 0 Å². The number of nitrogens with one attached hydrogen (secondary N) is 1. The van der Waals surface area contributed by atoms with Crippen LogP contribution in [0.25, 0.3) is 0 Å². The second-order valence-electron chi connectivity index (χ2n) is 5.91. The highest BCUT2D eigenvalue weighted by Crippen LogP contribution is 2.15. The van der Waals surface area contributed by atoms with Gasteiger partial charge in [0.25, 0.3) is 5.91 Å². The normalized spacial score (nSPS) is 11.5. The van der Waals surface area contributed by atoms with Crippen LogP contribution in [0.1, 0.15) is 29.8 Å². The zero-order chi connectivity index (χ0) is 18.4. The average molecular weight is 360 g/mol. The van der Waals surface area contributed by atoms with Gasteiger partial charge in [0.1, 0.15) is 0 Å². The zero-order valence-corrected chi connectivity index (χ0v) is 15.6. The predicted octanol–water partition coefficient (Wildman–Crippen LogP) is 3.18. The largest absolute Gasteiger partial charge is 0.322 e. The van der Waals surface area contributed by atoms with Crippen molar-refractivity contribution in [2.24, 2.45) is 0 Å². The van der Waals surface area contributed by atoms with Gasteiger partial charge in [0, 0.05) is 24.1 Å². The van der Waals surface area contributed by atoms with Crippen LogP contribution in [-0.2, 0) is 16.4 Å². The Bertz CT molecular complexity index is 809. The Kier molecular flexibility index (Phi) is 6.33. The molecule has 0 aliphatic rings. The van der Waals surface area contributed by atoms with E-state index in [1.54, 1.807) is 24.3 Å². The van der Waals surface area contributed by atoms with Crippen molar-refractivity contribution in [2.75, 3.05) is 24.7 Å². The number of sulfone groups is 1. The van der Waals surface area contributed by atoms with Gasteiger partial charge in [-0.05, 0) is 55.1 Å². The second-order valence-corrected chi connectivity index (χ2v) is 7.92. The molecule has 0 fully saturated rings. The fourth-order valence-electron chi connectivity index (χ4n) is 2.46. The third-order valence-corrected chi connectivity index (χ3v) is 5.19. The SMILES string of the molecule is CCN(CC)Cc1ccc(C(=O)Nc2ccc(S(C)(=O)=O)cc2)cc1. The molecule has 5 nitrogen and oxygen atoms in total. The topological polar surface area (TPSA) is 66.5 Å². The molecule has 1 N–H and O–H groups in total. The number of hydrogen-bond acceptors (Lipinski definition) is 4. The van der Waals surface area contributed by atoms with Crippen molar-refractivity contribution in [1.29, 1.82) is 0 Å². The molecule has 0 aliphatic heterocycles. The number of nitrogens with zero attached hydrogens (tertiary/aromatic N) is 1. The summed E-state index contributed by atoms with van der Waals surface area (Å²) < 4.78 is 22.9. The number of rotatable bonds is 7. The second kappa shape index (κ2) is 8.27. The van der Waals surface area contributed by atoms with Gasteiger partial charge in [-0.15, -0.1) is 0 Å². The van der Waals surface area contributed by atoms with Gasteiger partial charge in [-0.1, -0.05) is 26.0 Å². The molecule has 2 aromatic rings. The minimum Gasteiger partial charge on any atom is -0.322 e. The maximum Gasteiger partial charge on any atom is 0.255 e. The summed E-state index contributed by atoms with van der Waals surface area (Å²) in [4.78, 5) is 14.8. The van der Waals surface area contributed by atoms with Crippen molar-refractivity contribution < 1.29 is 13.2 Å². The highest BCUT2D eigenvalue weighted by molar-refractivity contribution is 7.90. The van der Waals surface area contributed by atoms with Crippen molar-refractivity contribution >= 4 is 21.4 Å². The van der Waals surface area contributed by atoms with Crippen molar-refractivity contribution in [2.45, 2.75) is 25.3 Å². The van der Waals surface area contributed by atoms with Crippen LogP contribution in [0.3, 0.4) is 0 Å². The highest BCUT2D eigenvalue weighted by Gasteiger charge is 2.09. The molecule has 0 saturated heterocycles. The molecule has 0 aromatic heterocycles. The maximum absolute atomic E-state index is 12.3. The van der Waals surface area contributed by atoms with E-state index < -0.39 is 9.84 Å². The molecule has 25 heavy (non-hydrogen) atoms. The van der Waals surface area contributed by atoms with Crippen LogP contribution in [0.4, 0.5) is 5.69 Å². The molecule has 2 rings (SSSR count). The van der Waals surface area contributed by atoms with Crippen molar-refractivity contribution in [3.63, 3.8) is 0 Å². The number of hydrogen-bond donors (Lipinski definition) is 1. The summed E-state index contributed by atoms with van der Waals surface area (Å²) in [5.74, 6) is -0.221. The van der Waals surface area contributed by atoms with Gasteiger partial charge in [-0.25, -0.2) is 8.42 Å². The fraction of sp³-hybridized carbons (Fsp3) is 0.316. The first-order valence-electron chi connectivity index (χ1n) is 8.26. The molecule has 0 atom stereocenters. The number of anilines is 1. The molecule has 0 aliphatic carbocycles. The van der Waals surface area contributed by atoms with Gasteiger partial charge in [0.05, 0.1) is 4.90 Å². The van der Waals surface area contributed by atoms with Gasteiger partial charge < -0.3 is 5.32 Å². The average Bonchev–Trinajstić information content (AvgIpc) is 2.59. The highest BCUT2D eigenvalue weighted by atomic mass is 32.2. The van der Waals surface area contributed by atoms with Crippen LogP contribution < -0.4 is 5.32 Å². The van der Waals surface area contributed by atoms with Crippen molar-refractivity contribution in [3.8, 4) is 0 Å². The summed E-state index contributed by atoms with van der Waals surface area (Å²) >= 11 is 0. The van der Waals surface area contributed by atoms with E-state index in [1.165, 1.54) is 12.1 Å². The number of amides is 1. The van der Waals surface area contributed by atoms with Crippen molar-refractivity contribution in [3.05, 3.63) is 59.7 Å². The summed E-state index contributed by atoms with van der Waals surface area (Å²) in [7, 11) is -3.24. The Labute approximate surface area is 149 Å². The molecule has 0 saturated carbocycles. The lowest BCUT2D eigenvalue weighted by Crippen LogP contribution is -2.22. The third-order valence-electron chi connectivity index (χ3n) is 4.06. The van der Waals surface area contributed by atoms with Crippen LogP contribution in [0, 0.1) is 0 Å². The van der Waals surface area contributed by atoms with E-state index >= 15 is 0 Å². The Morgan fingerprint density at radius 1 is 0.960 bits per heavy atom. The van der Waals surface area contributed by atoms with Crippen LogP contribution in [0.5, 0.6) is 0 Å². The molecule has 2 aromatic carbocycles. The number of carbonyl (C=O) groups is 1. The van der Waals surface area contributed by atoms with Gasteiger partial charge >= 0.3 is 0 Å². The first kappa shape index (κ1) is 19.1. The van der Waals surface area contributed by atoms with Crippen LogP contribution >= 0.6 is 0 Å². The molecule has 6 heteroatoms. The molecule has 0 spiro atoms. The molecular formula is C19H24N2O3S. The number of benzene rings is 2. The van der Waals surface area contributed by atoms with Gasteiger partial charge in [-0.2, -0.15) is 0 Å². The predicted molar refractivity (Wildman–Crippen MR) is 101 cm³/mol. The Balaban J connectivity index is 2.03. The lowest BCUT2D eigenvalue weighted by atomic mass is 10.1. The van der Waals surface area contributed by atoms with E-state index in [4.69, 9.17) is 0 Å². The van der Waals surface area contributed by atoms with E-state index in [-0.39, 0.29) is 10.8 Å². The zero-order valence-electron chi connectivity index (χ0n) is 14.8. The summed E-state index contributed by atoms with van der Waals surface area (Å²) in [5, 5.41) is 2.78. The molecule has 0 radical (unpaired) electrons. The molecule has 0 unspecified atom stereocenters. The van der Waals surface area contributed by atoms with E-state index in [2.05, 4.69) is 24.1 Å². The van der Waals surface area contributed by atoms with E-state index in [9.17, 15) is 13.2 Å². The Hall–Kier alpha value is -2.18. The summed E-state index contributed by atoms with van der Waals surface area (Å²) in [6.45, 7) is 7.09. The van der Waals surface area contributed by atoms with E-state index in [1.807, 2.05) is 12.1 Å². The molecule has 0 bridgehead atoms. The standard InChI is InChI=1S/C19H24N2O3S/c1-4-21(5-2)14-15-6-8-16(9-7-15)19(22)20-17-10-12-18(13-11-17)25(3,23)24/h6-13H,4-5,14H2,1-3H3,(H,20,22). The molecule has 134 valence electrons. The quantitative estimate of drug-likeness (QED) is 0.823. The molecular weight excluding hydrogens is 336 g/mol. The van der Waals surface area contributed by atoms with Crippen LogP contribution in [0.2, 0.25) is 0 Å². The minimum absolute atomic E-state index is 0.221. The smallest absolute Gasteiger partial charge is 0.255 e.